The van der Waals surface area contributed by atoms with E-state index >= 15 is 0 Å². The Kier molecular flexibility index (Phi) is 2.72. The summed E-state index contributed by atoms with van der Waals surface area (Å²) < 4.78 is 10.8. The van der Waals surface area contributed by atoms with Crippen LogP contribution in [0.15, 0.2) is 18.2 Å². The van der Waals surface area contributed by atoms with E-state index in [9.17, 15) is 14.9 Å². The van der Waals surface area contributed by atoms with Crippen LogP contribution in [0.2, 0.25) is 0 Å². The van der Waals surface area contributed by atoms with Gasteiger partial charge in [-0.25, -0.2) is 0 Å². The van der Waals surface area contributed by atoms with E-state index in [2.05, 4.69) is 6.07 Å². The largest absolute Gasteiger partial charge is 0.454 e. The van der Waals surface area contributed by atoms with Crippen molar-refractivity contribution in [3.8, 4) is 17.6 Å². The number of ether oxygens (including phenoxy) is 2. The van der Waals surface area contributed by atoms with Crippen LogP contribution in [0.4, 0.5) is 0 Å². The highest BCUT2D eigenvalue weighted by atomic mass is 32.2. The lowest BCUT2D eigenvalue weighted by atomic mass is 9.79. The van der Waals surface area contributed by atoms with E-state index < -0.39 is 21.2 Å². The van der Waals surface area contributed by atoms with Crippen LogP contribution >= 0.6 is 11.8 Å². The fourth-order valence-electron chi connectivity index (χ4n) is 4.73. The first kappa shape index (κ1) is 15.8. The molecule has 4 aliphatic rings. The van der Waals surface area contributed by atoms with Gasteiger partial charge < -0.3 is 19.3 Å². The number of carbonyl (C=O) groups is 2. The molecule has 2 bridgehead atoms. The number of carbonyl (C=O) groups excluding carboxylic acids is 2. The maximum Gasteiger partial charge on any atom is 0.261 e. The number of piperazine rings is 1. The molecular weight excluding hydrogens is 354 g/mol. The number of fused-ring (bicyclic) bond motifs is 2. The number of nitrogens with zero attached hydrogens (tertiary/aromatic N) is 3. The summed E-state index contributed by atoms with van der Waals surface area (Å²) >= 11 is 1.36. The van der Waals surface area contributed by atoms with Crippen molar-refractivity contribution in [3.05, 3.63) is 23.8 Å². The van der Waals surface area contributed by atoms with Gasteiger partial charge >= 0.3 is 0 Å². The van der Waals surface area contributed by atoms with Crippen molar-refractivity contribution in [1.82, 2.24) is 9.80 Å². The SMILES string of the molecule is CN1C(=O)[C@]23C[C@@](C)(C#N)[C@H](c4ccc5c(c4)OCO5)N2C(=O)[C@@]1(C)S3. The van der Waals surface area contributed by atoms with E-state index in [-0.39, 0.29) is 18.6 Å². The molecule has 0 radical (unpaired) electrons. The van der Waals surface area contributed by atoms with Gasteiger partial charge in [0.25, 0.3) is 11.8 Å². The Balaban J connectivity index is 1.69. The van der Waals surface area contributed by atoms with Crippen molar-refractivity contribution in [1.29, 1.82) is 5.26 Å². The maximum absolute atomic E-state index is 13.3. The molecule has 2 amide bonds. The summed E-state index contributed by atoms with van der Waals surface area (Å²) in [5.41, 5.74) is -0.0887. The fourth-order valence-corrected chi connectivity index (χ4v) is 6.67. The van der Waals surface area contributed by atoms with Crippen LogP contribution in [0.25, 0.3) is 0 Å². The minimum atomic E-state index is -1.01. The normalized spacial score (nSPS) is 39.5. The third-order valence-corrected chi connectivity index (χ3v) is 7.79. The van der Waals surface area contributed by atoms with Crippen molar-refractivity contribution in [2.75, 3.05) is 13.8 Å². The molecule has 4 atom stereocenters. The van der Waals surface area contributed by atoms with Crippen molar-refractivity contribution in [2.45, 2.75) is 36.1 Å². The summed E-state index contributed by atoms with van der Waals surface area (Å²) in [5.74, 6) is 1.02. The molecule has 0 aliphatic carbocycles. The molecule has 0 aromatic heterocycles. The summed E-state index contributed by atoms with van der Waals surface area (Å²) in [6.45, 7) is 3.76. The molecule has 3 fully saturated rings. The third-order valence-electron chi connectivity index (χ3n) is 6.09. The Hall–Kier alpha value is -2.40. The van der Waals surface area contributed by atoms with Crippen LogP contribution in [0, 0.1) is 16.7 Å². The monoisotopic (exact) mass is 371 g/mol. The quantitative estimate of drug-likeness (QED) is 0.749. The Morgan fingerprint density at radius 1 is 1.23 bits per heavy atom. The molecule has 4 heterocycles. The molecule has 26 heavy (non-hydrogen) atoms. The summed E-state index contributed by atoms with van der Waals surface area (Å²) in [5, 5.41) is 9.95. The summed E-state index contributed by atoms with van der Waals surface area (Å²) in [4.78, 5) is 27.6. The number of rotatable bonds is 1. The topological polar surface area (TPSA) is 82.9 Å². The summed E-state index contributed by atoms with van der Waals surface area (Å²) in [7, 11) is 1.66. The van der Waals surface area contributed by atoms with E-state index in [1.165, 1.54) is 16.7 Å². The zero-order valence-electron chi connectivity index (χ0n) is 14.6. The molecule has 8 heteroatoms. The first-order chi connectivity index (χ1) is 12.3. The predicted octanol–water partition coefficient (Wildman–Crippen LogP) is 1.85. The van der Waals surface area contributed by atoms with Crippen molar-refractivity contribution in [3.63, 3.8) is 0 Å². The first-order valence-corrected chi connectivity index (χ1v) is 9.21. The van der Waals surface area contributed by atoms with Crippen LogP contribution in [0.3, 0.4) is 0 Å². The number of likely N-dealkylation sites (N-methyl/N-ethyl adjacent to an activating group) is 1. The van der Waals surface area contributed by atoms with Gasteiger partial charge in [0, 0.05) is 13.5 Å². The minimum absolute atomic E-state index is 0.102. The standard InChI is InChI=1S/C18H17N3O4S/c1-16(8-19)7-18-15(23)20(3)17(2,26-18)14(22)21(18)13(16)10-4-5-11-12(6-10)25-9-24-11/h4-6,13H,7,9H2,1-3H3/t13-,16-,17+,18+/m0/s1. The smallest absolute Gasteiger partial charge is 0.261 e. The van der Waals surface area contributed by atoms with Crippen LogP contribution < -0.4 is 9.47 Å². The highest BCUT2D eigenvalue weighted by molar-refractivity contribution is 8.04. The van der Waals surface area contributed by atoms with Gasteiger partial charge in [0.1, 0.15) is 0 Å². The zero-order valence-corrected chi connectivity index (χ0v) is 15.4. The molecule has 1 aromatic rings. The number of hydrogen-bond acceptors (Lipinski definition) is 6. The van der Waals surface area contributed by atoms with Crippen LogP contribution in [-0.4, -0.2) is 45.2 Å². The van der Waals surface area contributed by atoms with Crippen LogP contribution in [-0.2, 0) is 9.59 Å². The third kappa shape index (κ3) is 1.52. The molecule has 7 nitrogen and oxygen atoms in total. The second kappa shape index (κ2) is 4.46. The molecule has 5 rings (SSSR count). The lowest BCUT2D eigenvalue weighted by molar-refractivity contribution is -0.159. The van der Waals surface area contributed by atoms with E-state index in [0.29, 0.717) is 17.9 Å². The Morgan fingerprint density at radius 3 is 2.69 bits per heavy atom. The van der Waals surface area contributed by atoms with Gasteiger partial charge in [-0.15, -0.1) is 0 Å². The fraction of sp³-hybridized carbons (Fsp3) is 0.500. The molecule has 0 saturated carbocycles. The average molecular weight is 371 g/mol. The van der Waals surface area contributed by atoms with Gasteiger partial charge in [-0.2, -0.15) is 5.26 Å². The van der Waals surface area contributed by atoms with Gasteiger partial charge in [-0.05, 0) is 31.5 Å². The number of benzene rings is 1. The van der Waals surface area contributed by atoms with E-state index in [0.717, 1.165) is 5.56 Å². The molecule has 1 aromatic carbocycles. The zero-order chi connectivity index (χ0) is 18.5. The number of thioether (sulfide) groups is 1. The van der Waals surface area contributed by atoms with E-state index in [1.807, 2.05) is 19.1 Å². The molecule has 4 aliphatic heterocycles. The first-order valence-electron chi connectivity index (χ1n) is 8.40. The number of nitriles is 1. The van der Waals surface area contributed by atoms with Gasteiger partial charge in [-0.3, -0.25) is 9.59 Å². The van der Waals surface area contributed by atoms with Gasteiger partial charge in [0.15, 0.2) is 21.2 Å². The summed E-state index contributed by atoms with van der Waals surface area (Å²) in [6, 6.07) is 7.34. The molecule has 0 N–H and O–H groups in total. The second-order valence-electron chi connectivity index (χ2n) is 7.63. The van der Waals surface area contributed by atoms with Crippen LogP contribution in [0.5, 0.6) is 11.5 Å². The minimum Gasteiger partial charge on any atom is -0.454 e. The van der Waals surface area contributed by atoms with E-state index in [4.69, 9.17) is 9.47 Å². The second-order valence-corrected chi connectivity index (χ2v) is 9.30. The van der Waals surface area contributed by atoms with Crippen molar-refractivity contribution >= 4 is 23.6 Å². The molecule has 3 saturated heterocycles. The van der Waals surface area contributed by atoms with E-state index in [1.54, 1.807) is 24.9 Å². The summed E-state index contributed by atoms with van der Waals surface area (Å²) in [6.07, 6.45) is 0.310. The Morgan fingerprint density at radius 2 is 1.96 bits per heavy atom. The van der Waals surface area contributed by atoms with Gasteiger partial charge in [0.2, 0.25) is 6.79 Å². The molecule has 0 unspecified atom stereocenters. The molecular formula is C18H17N3O4S. The number of hydrogen-bond donors (Lipinski definition) is 0. The predicted molar refractivity (Wildman–Crippen MR) is 92.0 cm³/mol. The number of amides is 2. The molecule has 134 valence electrons. The average Bonchev–Trinajstić information content (AvgIpc) is 3.28. The van der Waals surface area contributed by atoms with Crippen molar-refractivity contribution < 1.29 is 19.1 Å². The van der Waals surface area contributed by atoms with Crippen molar-refractivity contribution in [2.24, 2.45) is 5.41 Å². The van der Waals surface area contributed by atoms with Crippen LogP contribution in [0.1, 0.15) is 31.9 Å². The lowest BCUT2D eigenvalue weighted by Gasteiger charge is -2.40. The lowest BCUT2D eigenvalue weighted by Crippen LogP contribution is -2.60. The Labute approximate surface area is 154 Å². The highest BCUT2D eigenvalue weighted by Crippen LogP contribution is 2.69. The van der Waals surface area contributed by atoms with Gasteiger partial charge in [-0.1, -0.05) is 17.8 Å². The maximum atomic E-state index is 13.3. The molecule has 1 spiro atoms. The highest BCUT2D eigenvalue weighted by Gasteiger charge is 2.78. The van der Waals surface area contributed by atoms with Gasteiger partial charge in [0.05, 0.1) is 17.5 Å². The Bertz CT molecular complexity index is 930.